The van der Waals surface area contributed by atoms with Gasteiger partial charge in [-0.25, -0.2) is 17.6 Å². The van der Waals surface area contributed by atoms with Gasteiger partial charge in [-0.1, -0.05) is 0 Å². The molecule has 0 bridgehead atoms. The number of anilines is 2. The number of ether oxygens (including phenoxy) is 2. The van der Waals surface area contributed by atoms with E-state index in [0.717, 1.165) is 28.6 Å². The lowest BCUT2D eigenvalue weighted by atomic mass is 10.2. The van der Waals surface area contributed by atoms with Crippen molar-refractivity contribution in [1.82, 2.24) is 0 Å². The van der Waals surface area contributed by atoms with Gasteiger partial charge in [0.15, 0.2) is 0 Å². The molecule has 0 aromatic heterocycles. The highest BCUT2D eigenvalue weighted by Crippen LogP contribution is 2.26. The molecule has 0 atom stereocenters. The first-order valence-electron chi connectivity index (χ1n) is 10.8. The van der Waals surface area contributed by atoms with E-state index in [-0.39, 0.29) is 17.2 Å². The largest absolute Gasteiger partial charge is 0.494 e. The van der Waals surface area contributed by atoms with Crippen molar-refractivity contribution in [2.75, 3.05) is 29.4 Å². The molecular formula is C25H25FN2O6S. The molecule has 3 aromatic carbocycles. The Hall–Kier alpha value is -3.92. The van der Waals surface area contributed by atoms with Crippen molar-refractivity contribution in [1.29, 1.82) is 0 Å². The predicted molar refractivity (Wildman–Crippen MR) is 130 cm³/mol. The number of nitrogens with one attached hydrogen (secondary N) is 1. The first-order chi connectivity index (χ1) is 16.7. The van der Waals surface area contributed by atoms with Crippen molar-refractivity contribution < 1.29 is 31.9 Å². The smallest absolute Gasteiger partial charge is 0.338 e. The molecule has 1 amide bonds. The molecule has 0 aliphatic carbocycles. The molecule has 35 heavy (non-hydrogen) atoms. The first kappa shape index (κ1) is 25.7. The number of carbonyl (C=O) groups excluding carboxylic acids is 2. The van der Waals surface area contributed by atoms with E-state index in [1.807, 2.05) is 6.92 Å². The third-order valence-electron chi connectivity index (χ3n) is 4.80. The summed E-state index contributed by atoms with van der Waals surface area (Å²) in [4.78, 5) is 24.5. The minimum absolute atomic E-state index is 0.167. The molecule has 3 rings (SSSR count). The molecule has 1 N–H and O–H groups in total. The second-order valence-corrected chi connectivity index (χ2v) is 9.10. The van der Waals surface area contributed by atoms with Crippen molar-refractivity contribution in [2.45, 2.75) is 18.7 Å². The number of esters is 1. The van der Waals surface area contributed by atoms with Crippen LogP contribution in [0.1, 0.15) is 24.2 Å². The summed E-state index contributed by atoms with van der Waals surface area (Å²) in [5.41, 5.74) is 0.916. The molecule has 184 valence electrons. The van der Waals surface area contributed by atoms with Gasteiger partial charge in [-0.05, 0) is 86.6 Å². The minimum atomic E-state index is -4.20. The van der Waals surface area contributed by atoms with Gasteiger partial charge in [0, 0.05) is 5.69 Å². The Labute approximate surface area is 203 Å². The molecule has 0 spiro atoms. The lowest BCUT2D eigenvalue weighted by Gasteiger charge is -2.24. The lowest BCUT2D eigenvalue weighted by molar-refractivity contribution is -0.114. The van der Waals surface area contributed by atoms with Gasteiger partial charge in [0.05, 0.1) is 29.4 Å². The van der Waals surface area contributed by atoms with E-state index in [1.54, 1.807) is 19.1 Å². The van der Waals surface area contributed by atoms with Crippen LogP contribution in [0.2, 0.25) is 0 Å². The Balaban J connectivity index is 1.85. The van der Waals surface area contributed by atoms with E-state index in [2.05, 4.69) is 5.32 Å². The Morgan fingerprint density at radius 1 is 0.886 bits per heavy atom. The number of nitrogens with zero attached hydrogens (tertiary/aromatic N) is 1. The topological polar surface area (TPSA) is 102 Å². The summed E-state index contributed by atoms with van der Waals surface area (Å²) in [6.07, 6.45) is 0. The summed E-state index contributed by atoms with van der Waals surface area (Å²) in [6.45, 7) is 3.65. The summed E-state index contributed by atoms with van der Waals surface area (Å²) in [6, 6.07) is 16.6. The van der Waals surface area contributed by atoms with Gasteiger partial charge in [-0.3, -0.25) is 9.10 Å². The van der Waals surface area contributed by atoms with Crippen LogP contribution in [0.3, 0.4) is 0 Å². The zero-order valence-electron chi connectivity index (χ0n) is 19.2. The molecule has 0 aliphatic heterocycles. The summed E-state index contributed by atoms with van der Waals surface area (Å²) in [7, 11) is -4.20. The van der Waals surface area contributed by atoms with Gasteiger partial charge in [-0.15, -0.1) is 0 Å². The maximum absolute atomic E-state index is 13.4. The van der Waals surface area contributed by atoms with E-state index >= 15 is 0 Å². The van der Waals surface area contributed by atoms with E-state index in [1.165, 1.54) is 36.4 Å². The highest BCUT2D eigenvalue weighted by atomic mass is 32.2. The van der Waals surface area contributed by atoms with Crippen LogP contribution < -0.4 is 14.4 Å². The predicted octanol–water partition coefficient (Wildman–Crippen LogP) is 4.24. The highest BCUT2D eigenvalue weighted by Gasteiger charge is 2.27. The second-order valence-electron chi connectivity index (χ2n) is 7.24. The molecule has 0 heterocycles. The molecule has 0 unspecified atom stereocenters. The second kappa shape index (κ2) is 11.5. The molecule has 0 saturated carbocycles. The van der Waals surface area contributed by atoms with Crippen LogP contribution in [0.4, 0.5) is 15.8 Å². The van der Waals surface area contributed by atoms with Crippen molar-refractivity contribution in [3.63, 3.8) is 0 Å². The van der Waals surface area contributed by atoms with Crippen LogP contribution in [-0.2, 0) is 19.6 Å². The number of benzene rings is 3. The van der Waals surface area contributed by atoms with E-state index in [0.29, 0.717) is 23.6 Å². The quantitative estimate of drug-likeness (QED) is 0.418. The Kier molecular flexibility index (Phi) is 8.43. The monoisotopic (exact) mass is 500 g/mol. The zero-order chi connectivity index (χ0) is 25.4. The van der Waals surface area contributed by atoms with Crippen molar-refractivity contribution >= 4 is 33.3 Å². The highest BCUT2D eigenvalue weighted by molar-refractivity contribution is 7.92. The summed E-state index contributed by atoms with van der Waals surface area (Å²) >= 11 is 0. The summed E-state index contributed by atoms with van der Waals surface area (Å²) in [5.74, 6) is -1.15. The lowest BCUT2D eigenvalue weighted by Crippen LogP contribution is -2.38. The fourth-order valence-corrected chi connectivity index (χ4v) is 4.58. The molecule has 0 aliphatic rings. The van der Waals surface area contributed by atoms with Crippen LogP contribution in [-0.4, -0.2) is 40.1 Å². The molecule has 0 radical (unpaired) electrons. The summed E-state index contributed by atoms with van der Waals surface area (Å²) in [5, 5.41) is 2.62. The summed E-state index contributed by atoms with van der Waals surface area (Å²) < 4.78 is 51.4. The van der Waals surface area contributed by atoms with Crippen molar-refractivity contribution in [3.05, 3.63) is 84.2 Å². The van der Waals surface area contributed by atoms with Crippen LogP contribution in [0.5, 0.6) is 5.75 Å². The number of hydrogen-bond donors (Lipinski definition) is 1. The third-order valence-corrected chi connectivity index (χ3v) is 6.59. The van der Waals surface area contributed by atoms with Gasteiger partial charge in [0.2, 0.25) is 5.91 Å². The molecule has 0 fully saturated rings. The molecule has 3 aromatic rings. The van der Waals surface area contributed by atoms with Gasteiger partial charge >= 0.3 is 5.97 Å². The third kappa shape index (κ3) is 6.57. The van der Waals surface area contributed by atoms with Crippen molar-refractivity contribution in [3.8, 4) is 5.75 Å². The number of amides is 1. The SMILES string of the molecule is CCOC(=O)c1ccc(NC(=O)CN(c2ccc(OCC)cc2)S(=O)(=O)c2ccc(F)cc2)cc1. The van der Waals surface area contributed by atoms with E-state index in [4.69, 9.17) is 9.47 Å². The Bertz CT molecular complexity index is 1260. The molecular weight excluding hydrogens is 475 g/mol. The fraction of sp³-hybridized carbons (Fsp3) is 0.200. The Morgan fingerprint density at radius 3 is 2.09 bits per heavy atom. The van der Waals surface area contributed by atoms with Gasteiger partial charge in [0.25, 0.3) is 10.0 Å². The van der Waals surface area contributed by atoms with Crippen LogP contribution in [0.15, 0.2) is 77.7 Å². The van der Waals surface area contributed by atoms with E-state index < -0.39 is 34.3 Å². The van der Waals surface area contributed by atoms with Crippen LogP contribution in [0.25, 0.3) is 0 Å². The van der Waals surface area contributed by atoms with Gasteiger partial charge in [0.1, 0.15) is 18.1 Å². The minimum Gasteiger partial charge on any atom is -0.494 e. The first-order valence-corrected chi connectivity index (χ1v) is 12.3. The maximum Gasteiger partial charge on any atom is 0.338 e. The van der Waals surface area contributed by atoms with Gasteiger partial charge < -0.3 is 14.8 Å². The average Bonchev–Trinajstić information content (AvgIpc) is 2.84. The van der Waals surface area contributed by atoms with Crippen molar-refractivity contribution in [2.24, 2.45) is 0 Å². The maximum atomic E-state index is 13.4. The fourth-order valence-electron chi connectivity index (χ4n) is 3.16. The number of halogens is 1. The number of hydrogen-bond acceptors (Lipinski definition) is 6. The normalized spacial score (nSPS) is 10.9. The average molecular weight is 501 g/mol. The number of carbonyl (C=O) groups is 2. The zero-order valence-corrected chi connectivity index (χ0v) is 20.0. The van der Waals surface area contributed by atoms with Crippen LogP contribution >= 0.6 is 0 Å². The number of rotatable bonds is 10. The Morgan fingerprint density at radius 2 is 1.51 bits per heavy atom. The number of sulfonamides is 1. The standard InChI is InChI=1S/C25H25FN2O6S/c1-3-33-22-13-11-21(12-14-22)28(35(31,32)23-15-7-19(26)8-16-23)17-24(29)27-20-9-5-18(6-10-20)25(30)34-4-2/h5-16H,3-4,17H2,1-2H3,(H,27,29). The molecule has 8 nitrogen and oxygen atoms in total. The molecule has 0 saturated heterocycles. The van der Waals surface area contributed by atoms with Crippen LogP contribution in [0, 0.1) is 5.82 Å². The van der Waals surface area contributed by atoms with Gasteiger partial charge in [-0.2, -0.15) is 0 Å². The molecule has 10 heteroatoms. The van der Waals surface area contributed by atoms with E-state index in [9.17, 15) is 22.4 Å².